The van der Waals surface area contributed by atoms with Gasteiger partial charge < -0.3 is 15.7 Å². The fraction of sp³-hybridized carbons (Fsp3) is 0.562. The van der Waals surface area contributed by atoms with Crippen LogP contribution in [0.3, 0.4) is 0 Å². The molecule has 0 spiro atoms. The highest BCUT2D eigenvalue weighted by atomic mass is 16.3. The van der Waals surface area contributed by atoms with Gasteiger partial charge in [0.05, 0.1) is 18.7 Å². The lowest BCUT2D eigenvalue weighted by Crippen LogP contribution is -2.45. The summed E-state index contributed by atoms with van der Waals surface area (Å²) in [5, 5.41) is 15.9. The van der Waals surface area contributed by atoms with Crippen molar-refractivity contribution in [2.24, 2.45) is 11.8 Å². The number of hydrogen-bond donors (Lipinski definition) is 3. The molecule has 3 rings (SSSR count). The van der Waals surface area contributed by atoms with E-state index in [0.717, 1.165) is 18.5 Å². The molecule has 0 bridgehead atoms. The Kier molecular flexibility index (Phi) is 4.03. The maximum absolute atomic E-state index is 12.4. The van der Waals surface area contributed by atoms with Crippen molar-refractivity contribution in [3.63, 3.8) is 0 Å². The molecule has 4 unspecified atom stereocenters. The summed E-state index contributed by atoms with van der Waals surface area (Å²) in [6.07, 6.45) is 3.62. The van der Waals surface area contributed by atoms with E-state index in [1.165, 1.54) is 12.8 Å². The van der Waals surface area contributed by atoms with Crippen LogP contribution in [0.5, 0.6) is 0 Å². The molecule has 20 heavy (non-hydrogen) atoms. The molecule has 2 aliphatic rings. The van der Waals surface area contributed by atoms with Gasteiger partial charge in [0, 0.05) is 0 Å². The summed E-state index contributed by atoms with van der Waals surface area (Å²) in [5.74, 6) is 1.17. The highest BCUT2D eigenvalue weighted by Gasteiger charge is 2.42. The van der Waals surface area contributed by atoms with Crippen molar-refractivity contribution in [2.45, 2.75) is 31.3 Å². The first kappa shape index (κ1) is 13.6. The van der Waals surface area contributed by atoms with Crippen LogP contribution in [0.15, 0.2) is 30.3 Å². The predicted molar refractivity (Wildman–Crippen MR) is 77.0 cm³/mol. The number of carbonyl (C=O) groups excluding carboxylic acids is 1. The molecule has 4 heteroatoms. The van der Waals surface area contributed by atoms with Crippen LogP contribution in [0.1, 0.15) is 30.9 Å². The molecule has 1 saturated carbocycles. The third-order valence-electron chi connectivity index (χ3n) is 4.73. The standard InChI is InChI=1S/C16H22N2O2/c19-10-14(11-5-2-1-3-6-11)18-16(20)15-13-8-4-7-12(13)9-17-15/h1-3,5-6,12-15,17,19H,4,7-10H2,(H,18,20). The van der Waals surface area contributed by atoms with Crippen LogP contribution in [0.4, 0.5) is 0 Å². The maximum atomic E-state index is 12.4. The Morgan fingerprint density at radius 1 is 1.35 bits per heavy atom. The van der Waals surface area contributed by atoms with Crippen molar-refractivity contribution in [1.82, 2.24) is 10.6 Å². The van der Waals surface area contributed by atoms with Gasteiger partial charge >= 0.3 is 0 Å². The fourth-order valence-electron chi connectivity index (χ4n) is 3.66. The Morgan fingerprint density at radius 2 is 2.15 bits per heavy atom. The number of carbonyl (C=O) groups is 1. The number of aliphatic hydroxyl groups excluding tert-OH is 1. The zero-order chi connectivity index (χ0) is 13.9. The quantitative estimate of drug-likeness (QED) is 0.774. The first-order chi connectivity index (χ1) is 9.79. The largest absolute Gasteiger partial charge is 0.394 e. The van der Waals surface area contributed by atoms with Crippen molar-refractivity contribution >= 4 is 5.91 Å². The lowest BCUT2D eigenvalue weighted by Gasteiger charge is -2.22. The van der Waals surface area contributed by atoms with Crippen LogP contribution < -0.4 is 10.6 Å². The number of benzene rings is 1. The normalized spacial score (nSPS) is 29.9. The number of fused-ring (bicyclic) bond motifs is 1. The van der Waals surface area contributed by atoms with E-state index in [-0.39, 0.29) is 24.6 Å². The molecular weight excluding hydrogens is 252 g/mol. The first-order valence-corrected chi connectivity index (χ1v) is 7.49. The van der Waals surface area contributed by atoms with E-state index in [9.17, 15) is 9.90 Å². The van der Waals surface area contributed by atoms with Gasteiger partial charge in [-0.25, -0.2) is 0 Å². The molecule has 1 aliphatic heterocycles. The van der Waals surface area contributed by atoms with Gasteiger partial charge in [-0.15, -0.1) is 0 Å². The lowest BCUT2D eigenvalue weighted by molar-refractivity contribution is -0.124. The van der Waals surface area contributed by atoms with Gasteiger partial charge in [0.1, 0.15) is 0 Å². The molecule has 108 valence electrons. The average molecular weight is 274 g/mol. The Hall–Kier alpha value is -1.39. The molecular formula is C16H22N2O2. The van der Waals surface area contributed by atoms with E-state index in [0.29, 0.717) is 11.8 Å². The zero-order valence-corrected chi connectivity index (χ0v) is 11.6. The first-order valence-electron chi connectivity index (χ1n) is 7.49. The van der Waals surface area contributed by atoms with Crippen LogP contribution in [-0.2, 0) is 4.79 Å². The second-order valence-electron chi connectivity index (χ2n) is 5.90. The minimum atomic E-state index is -0.314. The van der Waals surface area contributed by atoms with Gasteiger partial charge in [-0.3, -0.25) is 4.79 Å². The summed E-state index contributed by atoms with van der Waals surface area (Å²) in [7, 11) is 0. The molecule has 1 aliphatic carbocycles. The Balaban J connectivity index is 1.66. The summed E-state index contributed by atoms with van der Waals surface area (Å²) in [4.78, 5) is 12.4. The van der Waals surface area contributed by atoms with E-state index in [1.54, 1.807) is 0 Å². The molecule has 2 fully saturated rings. The van der Waals surface area contributed by atoms with E-state index in [1.807, 2.05) is 30.3 Å². The van der Waals surface area contributed by atoms with E-state index in [2.05, 4.69) is 10.6 Å². The van der Waals surface area contributed by atoms with Crippen molar-refractivity contribution in [2.75, 3.05) is 13.2 Å². The Morgan fingerprint density at radius 3 is 2.90 bits per heavy atom. The molecule has 1 saturated heterocycles. The smallest absolute Gasteiger partial charge is 0.237 e. The third-order valence-corrected chi connectivity index (χ3v) is 4.73. The van der Waals surface area contributed by atoms with Crippen LogP contribution in [0, 0.1) is 11.8 Å². The Bertz CT molecular complexity index is 463. The van der Waals surface area contributed by atoms with Crippen molar-refractivity contribution < 1.29 is 9.90 Å². The van der Waals surface area contributed by atoms with Crippen molar-refractivity contribution in [3.05, 3.63) is 35.9 Å². The van der Waals surface area contributed by atoms with Crippen molar-refractivity contribution in [1.29, 1.82) is 0 Å². The van der Waals surface area contributed by atoms with E-state index in [4.69, 9.17) is 0 Å². The van der Waals surface area contributed by atoms with E-state index >= 15 is 0 Å². The number of aliphatic hydroxyl groups is 1. The third kappa shape index (κ3) is 2.58. The molecule has 1 heterocycles. The summed E-state index contributed by atoms with van der Waals surface area (Å²) in [6, 6.07) is 9.24. The fourth-order valence-corrected chi connectivity index (χ4v) is 3.66. The molecule has 1 aromatic rings. The highest BCUT2D eigenvalue weighted by molar-refractivity contribution is 5.83. The van der Waals surface area contributed by atoms with Crippen LogP contribution in [-0.4, -0.2) is 30.2 Å². The topological polar surface area (TPSA) is 61.4 Å². The maximum Gasteiger partial charge on any atom is 0.237 e. The summed E-state index contributed by atoms with van der Waals surface area (Å²) in [5.41, 5.74) is 0.948. The summed E-state index contributed by atoms with van der Waals surface area (Å²) in [6.45, 7) is 0.883. The Labute approximate surface area is 119 Å². The second kappa shape index (κ2) is 5.94. The zero-order valence-electron chi connectivity index (χ0n) is 11.6. The van der Waals surface area contributed by atoms with Gasteiger partial charge in [0.2, 0.25) is 5.91 Å². The minimum Gasteiger partial charge on any atom is -0.394 e. The number of hydrogen-bond acceptors (Lipinski definition) is 3. The molecule has 1 amide bonds. The second-order valence-corrected chi connectivity index (χ2v) is 5.90. The number of rotatable bonds is 4. The molecule has 1 aromatic carbocycles. The van der Waals surface area contributed by atoms with Gasteiger partial charge in [-0.05, 0) is 36.8 Å². The van der Waals surface area contributed by atoms with Gasteiger partial charge in [0.25, 0.3) is 0 Å². The van der Waals surface area contributed by atoms with Gasteiger partial charge in [-0.2, -0.15) is 0 Å². The van der Waals surface area contributed by atoms with Crippen LogP contribution >= 0.6 is 0 Å². The highest BCUT2D eigenvalue weighted by Crippen LogP contribution is 2.37. The molecule has 0 aromatic heterocycles. The lowest BCUT2D eigenvalue weighted by atomic mass is 9.93. The average Bonchev–Trinajstić information content (AvgIpc) is 3.08. The minimum absolute atomic E-state index is 0.0299. The van der Waals surface area contributed by atoms with Crippen LogP contribution in [0.2, 0.25) is 0 Å². The van der Waals surface area contributed by atoms with Gasteiger partial charge in [-0.1, -0.05) is 36.8 Å². The monoisotopic (exact) mass is 274 g/mol. The molecule has 4 atom stereocenters. The van der Waals surface area contributed by atoms with Crippen LogP contribution in [0.25, 0.3) is 0 Å². The number of amides is 1. The number of nitrogens with one attached hydrogen (secondary N) is 2. The molecule has 0 radical (unpaired) electrons. The SMILES string of the molecule is O=C(NC(CO)c1ccccc1)C1NCC2CCCC21. The summed E-state index contributed by atoms with van der Waals surface area (Å²) >= 11 is 0. The summed E-state index contributed by atoms with van der Waals surface area (Å²) < 4.78 is 0. The molecule has 4 nitrogen and oxygen atoms in total. The van der Waals surface area contributed by atoms with E-state index < -0.39 is 0 Å². The predicted octanol–water partition coefficient (Wildman–Crippen LogP) is 1.22. The molecule has 3 N–H and O–H groups in total. The van der Waals surface area contributed by atoms with Crippen molar-refractivity contribution in [3.8, 4) is 0 Å². The van der Waals surface area contributed by atoms with Gasteiger partial charge in [0.15, 0.2) is 0 Å².